The summed E-state index contributed by atoms with van der Waals surface area (Å²) in [5.74, 6) is -3.04. The van der Waals surface area contributed by atoms with Crippen molar-refractivity contribution < 1.29 is 13.9 Å². The van der Waals surface area contributed by atoms with Crippen LogP contribution in [0, 0.1) is 11.3 Å². The number of nitrogens with one attached hydrogen (secondary N) is 1. The van der Waals surface area contributed by atoms with Crippen molar-refractivity contribution in [2.45, 2.75) is 25.2 Å². The number of aromatic nitrogens is 1. The van der Waals surface area contributed by atoms with E-state index in [2.05, 4.69) is 10.3 Å². The molecule has 0 saturated carbocycles. The van der Waals surface area contributed by atoms with E-state index in [1.807, 2.05) is 6.07 Å². The SMILES string of the molecule is N#Cc1cc2c(nc1NCC(F)(F)CO)CCC2. The number of hydrogen-bond donors (Lipinski definition) is 2. The predicted octanol–water partition coefficient (Wildman–Crippen LogP) is 1.48. The number of hydrogen-bond acceptors (Lipinski definition) is 4. The molecule has 1 aliphatic carbocycles. The van der Waals surface area contributed by atoms with Crippen LogP contribution in [-0.2, 0) is 12.8 Å². The number of aliphatic hydroxyl groups excluding tert-OH is 1. The van der Waals surface area contributed by atoms with Crippen LogP contribution < -0.4 is 5.32 Å². The summed E-state index contributed by atoms with van der Waals surface area (Å²) in [5.41, 5.74) is 2.15. The maximum atomic E-state index is 12.9. The van der Waals surface area contributed by atoms with Crippen LogP contribution in [-0.4, -0.2) is 29.2 Å². The first kappa shape index (κ1) is 12.7. The second-order valence-electron chi connectivity index (χ2n) is 4.32. The molecule has 2 N–H and O–H groups in total. The third-order valence-corrected chi connectivity index (χ3v) is 2.92. The quantitative estimate of drug-likeness (QED) is 0.852. The number of aliphatic hydroxyl groups is 1. The summed E-state index contributed by atoms with van der Waals surface area (Å²) in [4.78, 5) is 4.21. The van der Waals surface area contributed by atoms with Crippen LogP contribution in [0.3, 0.4) is 0 Å². The third-order valence-electron chi connectivity index (χ3n) is 2.92. The van der Waals surface area contributed by atoms with Crippen molar-refractivity contribution in [1.82, 2.24) is 4.98 Å². The van der Waals surface area contributed by atoms with Gasteiger partial charge in [-0.1, -0.05) is 0 Å². The average molecular weight is 253 g/mol. The number of nitrogens with zero attached hydrogens (tertiary/aromatic N) is 2. The van der Waals surface area contributed by atoms with Crippen molar-refractivity contribution in [2.75, 3.05) is 18.5 Å². The molecule has 1 heterocycles. The first-order valence-electron chi connectivity index (χ1n) is 5.71. The summed E-state index contributed by atoms with van der Waals surface area (Å²) in [6.45, 7) is -1.96. The van der Waals surface area contributed by atoms with E-state index in [-0.39, 0.29) is 11.4 Å². The molecular weight excluding hydrogens is 240 g/mol. The van der Waals surface area contributed by atoms with E-state index >= 15 is 0 Å². The summed E-state index contributed by atoms with van der Waals surface area (Å²) < 4.78 is 25.9. The summed E-state index contributed by atoms with van der Waals surface area (Å²) in [6, 6.07) is 3.65. The summed E-state index contributed by atoms with van der Waals surface area (Å²) in [7, 11) is 0. The standard InChI is InChI=1S/C12H13F2N3O/c13-12(14,7-18)6-16-11-9(5-15)4-8-2-1-3-10(8)17-11/h4,18H,1-3,6-7H2,(H,16,17). The molecule has 0 aliphatic heterocycles. The topological polar surface area (TPSA) is 68.9 Å². The van der Waals surface area contributed by atoms with Crippen LogP contribution in [0.2, 0.25) is 0 Å². The van der Waals surface area contributed by atoms with Gasteiger partial charge in [0.05, 0.1) is 12.1 Å². The van der Waals surface area contributed by atoms with Gasteiger partial charge in [0.2, 0.25) is 0 Å². The highest BCUT2D eigenvalue weighted by atomic mass is 19.3. The minimum atomic E-state index is -3.21. The zero-order chi connectivity index (χ0) is 13.2. The normalized spacial score (nSPS) is 14.1. The lowest BCUT2D eigenvalue weighted by Crippen LogP contribution is -2.31. The fraction of sp³-hybridized carbons (Fsp3) is 0.500. The highest BCUT2D eigenvalue weighted by molar-refractivity contribution is 5.55. The van der Waals surface area contributed by atoms with E-state index in [1.54, 1.807) is 6.07 Å². The summed E-state index contributed by atoms with van der Waals surface area (Å²) in [5, 5.41) is 19.9. The van der Waals surface area contributed by atoms with Gasteiger partial charge in [-0.2, -0.15) is 5.26 Å². The molecule has 2 rings (SSSR count). The molecule has 0 atom stereocenters. The molecule has 0 aromatic carbocycles. The van der Waals surface area contributed by atoms with Crippen molar-refractivity contribution in [2.24, 2.45) is 0 Å². The Labute approximate surface area is 103 Å². The third kappa shape index (κ3) is 2.57. The van der Waals surface area contributed by atoms with Crippen molar-refractivity contribution in [3.8, 4) is 6.07 Å². The monoisotopic (exact) mass is 253 g/mol. The second-order valence-corrected chi connectivity index (χ2v) is 4.32. The molecule has 0 radical (unpaired) electrons. The number of halogens is 2. The number of aryl methyl sites for hydroxylation is 2. The second kappa shape index (κ2) is 4.86. The fourth-order valence-electron chi connectivity index (χ4n) is 1.96. The van der Waals surface area contributed by atoms with Gasteiger partial charge >= 0.3 is 0 Å². The molecule has 0 fully saturated rings. The first-order valence-corrected chi connectivity index (χ1v) is 5.71. The Bertz CT molecular complexity index is 497. The summed E-state index contributed by atoms with van der Waals surface area (Å²) in [6.07, 6.45) is 2.67. The van der Waals surface area contributed by atoms with Crippen molar-refractivity contribution in [3.63, 3.8) is 0 Å². The Balaban J connectivity index is 2.20. The maximum absolute atomic E-state index is 12.9. The van der Waals surface area contributed by atoms with E-state index in [1.165, 1.54) is 0 Å². The molecule has 1 aliphatic rings. The van der Waals surface area contributed by atoms with Gasteiger partial charge in [0, 0.05) is 5.69 Å². The Morgan fingerprint density at radius 3 is 2.94 bits per heavy atom. The maximum Gasteiger partial charge on any atom is 0.287 e. The van der Waals surface area contributed by atoms with Crippen molar-refractivity contribution in [1.29, 1.82) is 5.26 Å². The van der Waals surface area contributed by atoms with Crippen molar-refractivity contribution >= 4 is 5.82 Å². The number of pyridine rings is 1. The predicted molar refractivity (Wildman–Crippen MR) is 61.5 cm³/mol. The van der Waals surface area contributed by atoms with Gasteiger partial charge in [0.15, 0.2) is 0 Å². The zero-order valence-corrected chi connectivity index (χ0v) is 9.71. The molecule has 1 aromatic heterocycles. The number of alkyl halides is 2. The molecule has 6 heteroatoms. The Morgan fingerprint density at radius 1 is 1.50 bits per heavy atom. The van der Waals surface area contributed by atoms with Crippen LogP contribution in [0.4, 0.5) is 14.6 Å². The lowest BCUT2D eigenvalue weighted by molar-refractivity contribution is -0.0373. The number of anilines is 1. The number of fused-ring (bicyclic) bond motifs is 1. The van der Waals surface area contributed by atoms with Crippen LogP contribution in [0.15, 0.2) is 6.07 Å². The highest BCUT2D eigenvalue weighted by Gasteiger charge is 2.28. The average Bonchev–Trinajstić information content (AvgIpc) is 2.82. The van der Waals surface area contributed by atoms with Gasteiger partial charge in [0.1, 0.15) is 18.5 Å². The Kier molecular flexibility index (Phi) is 3.43. The molecule has 96 valence electrons. The molecule has 4 nitrogen and oxygen atoms in total. The lowest BCUT2D eigenvalue weighted by Gasteiger charge is -2.15. The van der Waals surface area contributed by atoms with Gasteiger partial charge in [0.25, 0.3) is 5.92 Å². The highest BCUT2D eigenvalue weighted by Crippen LogP contribution is 2.25. The van der Waals surface area contributed by atoms with Gasteiger partial charge in [-0.25, -0.2) is 13.8 Å². The van der Waals surface area contributed by atoms with E-state index < -0.39 is 19.1 Å². The van der Waals surface area contributed by atoms with E-state index in [0.29, 0.717) is 0 Å². The van der Waals surface area contributed by atoms with Gasteiger partial charge in [-0.15, -0.1) is 0 Å². The Hall–Kier alpha value is -1.74. The smallest absolute Gasteiger partial charge is 0.287 e. The van der Waals surface area contributed by atoms with Crippen LogP contribution in [0.25, 0.3) is 0 Å². The van der Waals surface area contributed by atoms with E-state index in [4.69, 9.17) is 10.4 Å². The van der Waals surface area contributed by atoms with Crippen molar-refractivity contribution in [3.05, 3.63) is 22.9 Å². The van der Waals surface area contributed by atoms with Crippen LogP contribution in [0.1, 0.15) is 23.2 Å². The van der Waals surface area contributed by atoms with E-state index in [9.17, 15) is 8.78 Å². The van der Waals surface area contributed by atoms with Gasteiger partial charge in [-0.3, -0.25) is 0 Å². The molecule has 0 amide bonds. The molecule has 1 aromatic rings. The molecule has 0 spiro atoms. The molecule has 0 saturated heterocycles. The molecular formula is C12H13F2N3O. The summed E-state index contributed by atoms with van der Waals surface area (Å²) >= 11 is 0. The minimum Gasteiger partial charge on any atom is -0.390 e. The van der Waals surface area contributed by atoms with Gasteiger partial charge in [-0.05, 0) is 30.9 Å². The molecule has 0 unspecified atom stereocenters. The minimum absolute atomic E-state index is 0.172. The number of nitriles is 1. The largest absolute Gasteiger partial charge is 0.390 e. The van der Waals surface area contributed by atoms with E-state index in [0.717, 1.165) is 30.5 Å². The zero-order valence-electron chi connectivity index (χ0n) is 9.71. The Morgan fingerprint density at radius 2 is 2.28 bits per heavy atom. The van der Waals surface area contributed by atoms with Crippen LogP contribution >= 0.6 is 0 Å². The number of rotatable bonds is 4. The fourth-order valence-corrected chi connectivity index (χ4v) is 1.96. The molecule has 18 heavy (non-hydrogen) atoms. The van der Waals surface area contributed by atoms with Gasteiger partial charge < -0.3 is 10.4 Å². The molecule has 0 bridgehead atoms. The lowest BCUT2D eigenvalue weighted by atomic mass is 10.1. The van der Waals surface area contributed by atoms with Crippen LogP contribution in [0.5, 0.6) is 0 Å². The first-order chi connectivity index (χ1) is 8.55.